The quantitative estimate of drug-likeness (QED) is 0.867. The Morgan fingerprint density at radius 3 is 2.59 bits per heavy atom. The van der Waals surface area contributed by atoms with Crippen LogP contribution in [-0.2, 0) is 4.79 Å². The van der Waals surface area contributed by atoms with Crippen molar-refractivity contribution in [3.63, 3.8) is 0 Å². The molecule has 0 fully saturated rings. The molecule has 0 saturated heterocycles. The third kappa shape index (κ3) is 3.96. The molecule has 0 aliphatic carbocycles. The monoisotopic (exact) mass is 306 g/mol. The van der Waals surface area contributed by atoms with Gasteiger partial charge in [0.2, 0.25) is 5.91 Å². The lowest BCUT2D eigenvalue weighted by Crippen LogP contribution is -2.24. The minimum Gasteiger partial charge on any atom is -0.382 e. The number of rotatable bonds is 4. The topological polar surface area (TPSA) is 32.3 Å². The van der Waals surface area contributed by atoms with Gasteiger partial charge in [-0.25, -0.2) is 8.78 Å². The Labute approximate surface area is 107 Å². The lowest BCUT2D eigenvalue weighted by Gasteiger charge is -2.12. The van der Waals surface area contributed by atoms with E-state index in [4.69, 9.17) is 0 Å². The van der Waals surface area contributed by atoms with Gasteiger partial charge in [0.15, 0.2) is 0 Å². The number of hydrogen-bond acceptors (Lipinski definition) is 2. The van der Waals surface area contributed by atoms with Crippen LogP contribution in [0.3, 0.4) is 0 Å². The zero-order valence-electron chi connectivity index (χ0n) is 9.56. The summed E-state index contributed by atoms with van der Waals surface area (Å²) in [6, 6.07) is 2.10. The smallest absolute Gasteiger partial charge is 0.223 e. The van der Waals surface area contributed by atoms with E-state index in [1.807, 2.05) is 0 Å². The third-order valence-corrected chi connectivity index (χ3v) is 2.77. The molecule has 1 aromatic carbocycles. The van der Waals surface area contributed by atoms with Gasteiger partial charge in [-0.2, -0.15) is 0 Å². The maximum Gasteiger partial charge on any atom is 0.223 e. The lowest BCUT2D eigenvalue weighted by molar-refractivity contribution is -0.128. The van der Waals surface area contributed by atoms with E-state index in [0.29, 0.717) is 6.54 Å². The van der Waals surface area contributed by atoms with Crippen LogP contribution in [0.2, 0.25) is 0 Å². The van der Waals surface area contributed by atoms with Crippen molar-refractivity contribution in [3.8, 4) is 0 Å². The Morgan fingerprint density at radius 1 is 1.35 bits per heavy atom. The molecule has 0 saturated carbocycles. The summed E-state index contributed by atoms with van der Waals surface area (Å²) in [6.07, 6.45) is 0.251. The molecule has 0 radical (unpaired) electrons. The minimum atomic E-state index is -0.678. The van der Waals surface area contributed by atoms with E-state index in [0.717, 1.165) is 6.07 Å². The Balaban J connectivity index is 2.58. The first kappa shape index (κ1) is 13.9. The molecule has 1 N–H and O–H groups in total. The van der Waals surface area contributed by atoms with Crippen LogP contribution in [0.5, 0.6) is 0 Å². The number of amides is 1. The molecular weight excluding hydrogens is 294 g/mol. The van der Waals surface area contributed by atoms with Crippen LogP contribution in [0.15, 0.2) is 16.6 Å². The summed E-state index contributed by atoms with van der Waals surface area (Å²) < 4.78 is 26.4. The summed E-state index contributed by atoms with van der Waals surface area (Å²) in [6.45, 7) is 0.298. The van der Waals surface area contributed by atoms with Crippen molar-refractivity contribution in [1.82, 2.24) is 4.90 Å². The predicted molar refractivity (Wildman–Crippen MR) is 65.9 cm³/mol. The Kier molecular flexibility index (Phi) is 4.86. The Bertz CT molecular complexity index is 424. The number of hydrogen-bond donors (Lipinski definition) is 1. The highest BCUT2D eigenvalue weighted by Crippen LogP contribution is 2.23. The molecule has 0 spiro atoms. The van der Waals surface area contributed by atoms with E-state index in [1.165, 1.54) is 11.0 Å². The molecule has 1 rings (SSSR count). The van der Waals surface area contributed by atoms with E-state index in [1.54, 1.807) is 14.1 Å². The maximum absolute atomic E-state index is 13.3. The van der Waals surface area contributed by atoms with Crippen LogP contribution in [0.1, 0.15) is 6.42 Å². The molecule has 3 nitrogen and oxygen atoms in total. The number of benzene rings is 1. The average molecular weight is 307 g/mol. The number of carbonyl (C=O) groups is 1. The summed E-state index contributed by atoms with van der Waals surface area (Å²) in [4.78, 5) is 12.7. The van der Waals surface area contributed by atoms with Crippen LogP contribution in [0.25, 0.3) is 0 Å². The van der Waals surface area contributed by atoms with Crippen molar-refractivity contribution >= 4 is 27.5 Å². The van der Waals surface area contributed by atoms with Crippen molar-refractivity contribution in [2.75, 3.05) is 26.0 Å². The molecule has 0 unspecified atom stereocenters. The van der Waals surface area contributed by atoms with Gasteiger partial charge in [0, 0.05) is 33.1 Å². The van der Waals surface area contributed by atoms with Gasteiger partial charge in [0.1, 0.15) is 11.6 Å². The maximum atomic E-state index is 13.3. The van der Waals surface area contributed by atoms with Gasteiger partial charge in [-0.3, -0.25) is 4.79 Å². The molecule has 17 heavy (non-hydrogen) atoms. The minimum absolute atomic E-state index is 0.0564. The first-order valence-electron chi connectivity index (χ1n) is 5.00. The van der Waals surface area contributed by atoms with Crippen molar-refractivity contribution in [2.45, 2.75) is 6.42 Å². The van der Waals surface area contributed by atoms with E-state index in [-0.39, 0.29) is 22.5 Å². The first-order chi connectivity index (χ1) is 7.91. The van der Waals surface area contributed by atoms with Crippen LogP contribution >= 0.6 is 15.9 Å². The number of halogens is 3. The zero-order chi connectivity index (χ0) is 13.0. The van der Waals surface area contributed by atoms with E-state index >= 15 is 0 Å². The number of nitrogens with zero attached hydrogens (tertiary/aromatic N) is 1. The fourth-order valence-corrected chi connectivity index (χ4v) is 1.53. The second-order valence-corrected chi connectivity index (χ2v) is 4.57. The summed E-state index contributed by atoms with van der Waals surface area (Å²) in [7, 11) is 3.30. The fraction of sp³-hybridized carbons (Fsp3) is 0.364. The molecule has 0 aliphatic heterocycles. The Morgan fingerprint density at radius 2 is 2.00 bits per heavy atom. The molecule has 6 heteroatoms. The van der Waals surface area contributed by atoms with Gasteiger partial charge in [0.25, 0.3) is 0 Å². The van der Waals surface area contributed by atoms with E-state index < -0.39 is 11.6 Å². The van der Waals surface area contributed by atoms with Crippen LogP contribution in [0, 0.1) is 11.6 Å². The average Bonchev–Trinajstić information content (AvgIpc) is 2.25. The highest BCUT2D eigenvalue weighted by Gasteiger charge is 2.09. The van der Waals surface area contributed by atoms with Crippen LogP contribution in [0.4, 0.5) is 14.5 Å². The van der Waals surface area contributed by atoms with Gasteiger partial charge < -0.3 is 10.2 Å². The SMILES string of the molecule is CN(C)C(=O)CCNc1cc(Br)c(F)cc1F. The van der Waals surface area contributed by atoms with Gasteiger partial charge >= 0.3 is 0 Å². The molecular formula is C11H13BrF2N2O. The van der Waals surface area contributed by atoms with Gasteiger partial charge in [-0.1, -0.05) is 0 Å². The molecule has 94 valence electrons. The van der Waals surface area contributed by atoms with Crippen molar-refractivity contribution < 1.29 is 13.6 Å². The number of nitrogens with one attached hydrogen (secondary N) is 1. The van der Waals surface area contributed by atoms with Crippen molar-refractivity contribution in [3.05, 3.63) is 28.2 Å². The predicted octanol–water partition coefficient (Wildman–Crippen LogP) is 2.62. The molecule has 0 atom stereocenters. The molecule has 0 aromatic heterocycles. The molecule has 1 amide bonds. The lowest BCUT2D eigenvalue weighted by atomic mass is 10.3. The van der Waals surface area contributed by atoms with Crippen LogP contribution < -0.4 is 5.32 Å². The molecule has 0 aliphatic rings. The highest BCUT2D eigenvalue weighted by atomic mass is 79.9. The number of anilines is 1. The van der Waals surface area contributed by atoms with Gasteiger partial charge in [0.05, 0.1) is 10.2 Å². The second kappa shape index (κ2) is 5.95. The van der Waals surface area contributed by atoms with Gasteiger partial charge in [-0.15, -0.1) is 0 Å². The molecule has 0 bridgehead atoms. The second-order valence-electron chi connectivity index (χ2n) is 3.71. The Hall–Kier alpha value is -1.17. The molecule has 1 aromatic rings. The normalized spacial score (nSPS) is 10.2. The standard InChI is InChI=1S/C11H13BrF2N2O/c1-16(2)11(17)3-4-15-10-5-7(12)8(13)6-9(10)14/h5-6,15H,3-4H2,1-2H3. The van der Waals surface area contributed by atoms with Crippen LogP contribution in [-0.4, -0.2) is 31.4 Å². The summed E-state index contributed by atoms with van der Waals surface area (Å²) >= 11 is 2.97. The van der Waals surface area contributed by atoms with Crippen molar-refractivity contribution in [1.29, 1.82) is 0 Å². The van der Waals surface area contributed by atoms with E-state index in [2.05, 4.69) is 21.2 Å². The highest BCUT2D eigenvalue weighted by molar-refractivity contribution is 9.10. The molecule has 0 heterocycles. The summed E-state index contributed by atoms with van der Waals surface area (Å²) in [5, 5.41) is 2.75. The van der Waals surface area contributed by atoms with E-state index in [9.17, 15) is 13.6 Å². The number of carbonyl (C=O) groups excluding carboxylic acids is 1. The van der Waals surface area contributed by atoms with Crippen molar-refractivity contribution in [2.24, 2.45) is 0 Å². The zero-order valence-corrected chi connectivity index (χ0v) is 11.1. The summed E-state index contributed by atoms with van der Waals surface area (Å²) in [5.74, 6) is -1.39. The fourth-order valence-electron chi connectivity index (χ4n) is 1.19. The first-order valence-corrected chi connectivity index (χ1v) is 5.79. The largest absolute Gasteiger partial charge is 0.382 e. The van der Waals surface area contributed by atoms with Gasteiger partial charge in [-0.05, 0) is 22.0 Å². The third-order valence-electron chi connectivity index (χ3n) is 2.16. The summed E-state index contributed by atoms with van der Waals surface area (Å²) in [5.41, 5.74) is 0.171.